The Kier molecular flexibility index (Phi) is 6.15. The molecule has 0 saturated heterocycles. The number of anilines is 1. The lowest BCUT2D eigenvalue weighted by atomic mass is 9.96. The van der Waals surface area contributed by atoms with Gasteiger partial charge in [0.25, 0.3) is 5.91 Å². The Bertz CT molecular complexity index is 1290. The molecule has 31 heavy (non-hydrogen) atoms. The van der Waals surface area contributed by atoms with Gasteiger partial charge in [0.2, 0.25) is 0 Å². The van der Waals surface area contributed by atoms with Crippen molar-refractivity contribution in [2.75, 3.05) is 5.32 Å². The molecule has 1 aromatic carbocycles. The summed E-state index contributed by atoms with van der Waals surface area (Å²) in [6.45, 7) is 0. The summed E-state index contributed by atoms with van der Waals surface area (Å²) in [4.78, 5) is 13.9. The van der Waals surface area contributed by atoms with Gasteiger partial charge in [-0.25, -0.2) is 0 Å². The first-order valence-corrected chi connectivity index (χ1v) is 11.1. The maximum atomic E-state index is 12.7. The number of thiophene rings is 1. The fourth-order valence-electron chi connectivity index (χ4n) is 3.50. The fourth-order valence-corrected chi connectivity index (χ4v) is 5.13. The van der Waals surface area contributed by atoms with Gasteiger partial charge in [-0.1, -0.05) is 29.3 Å². The van der Waals surface area contributed by atoms with Crippen LogP contribution in [0, 0.1) is 22.7 Å². The number of rotatable bonds is 4. The van der Waals surface area contributed by atoms with E-state index in [4.69, 9.17) is 27.6 Å². The third-order valence-corrected chi connectivity index (χ3v) is 7.03. The van der Waals surface area contributed by atoms with Gasteiger partial charge in [-0.05, 0) is 55.5 Å². The number of hydrogen-bond acceptors (Lipinski definition) is 5. The predicted molar refractivity (Wildman–Crippen MR) is 122 cm³/mol. The number of fused-ring (bicyclic) bond motifs is 1. The Labute approximate surface area is 193 Å². The maximum absolute atomic E-state index is 12.7. The van der Waals surface area contributed by atoms with E-state index in [1.165, 1.54) is 17.4 Å². The molecule has 5 nitrogen and oxygen atoms in total. The van der Waals surface area contributed by atoms with Crippen LogP contribution in [0.2, 0.25) is 10.0 Å². The topological polar surface area (TPSA) is 89.8 Å². The van der Waals surface area contributed by atoms with Crippen LogP contribution >= 0.6 is 34.5 Å². The summed E-state index contributed by atoms with van der Waals surface area (Å²) in [5.74, 6) is 0.203. The summed E-state index contributed by atoms with van der Waals surface area (Å²) in [6, 6.07) is 12.6. The van der Waals surface area contributed by atoms with Gasteiger partial charge in [-0.2, -0.15) is 10.5 Å². The van der Waals surface area contributed by atoms with Crippen molar-refractivity contribution < 1.29 is 9.21 Å². The van der Waals surface area contributed by atoms with Crippen LogP contribution in [0.5, 0.6) is 0 Å². The Morgan fingerprint density at radius 3 is 2.74 bits per heavy atom. The average Bonchev–Trinajstić information content (AvgIpc) is 3.37. The second-order valence-corrected chi connectivity index (χ2v) is 8.84. The monoisotopic (exact) mass is 467 g/mol. The predicted octanol–water partition coefficient (Wildman–Crippen LogP) is 6.61. The zero-order valence-corrected chi connectivity index (χ0v) is 18.5. The van der Waals surface area contributed by atoms with Crippen LogP contribution in [0.15, 0.2) is 40.3 Å². The molecule has 154 valence electrons. The summed E-state index contributed by atoms with van der Waals surface area (Å²) >= 11 is 13.7. The summed E-state index contributed by atoms with van der Waals surface area (Å²) in [5.41, 5.74) is 2.00. The van der Waals surface area contributed by atoms with E-state index in [-0.39, 0.29) is 5.57 Å². The number of furan rings is 1. The molecule has 0 unspecified atom stereocenters. The lowest BCUT2D eigenvalue weighted by molar-refractivity contribution is -0.112. The van der Waals surface area contributed by atoms with Crippen LogP contribution in [0.3, 0.4) is 0 Å². The van der Waals surface area contributed by atoms with Gasteiger partial charge >= 0.3 is 0 Å². The number of halogens is 2. The van der Waals surface area contributed by atoms with E-state index in [9.17, 15) is 15.3 Å². The van der Waals surface area contributed by atoms with E-state index in [1.807, 2.05) is 6.07 Å². The fraction of sp³-hybridized carbons (Fsp3) is 0.174. The second kappa shape index (κ2) is 8.99. The Balaban J connectivity index is 1.59. The first kappa shape index (κ1) is 21.2. The number of carbonyl (C=O) groups is 1. The molecule has 0 aliphatic heterocycles. The zero-order valence-electron chi connectivity index (χ0n) is 16.2. The molecule has 2 heterocycles. The Hall–Kier alpha value is -3.03. The molecule has 4 rings (SSSR count). The SMILES string of the molecule is N#C/C(=C/c1ccc(-c2cccc(Cl)c2Cl)o1)C(=O)Nc1sc2c(c1C#N)CCCC2. The smallest absolute Gasteiger partial charge is 0.267 e. The third kappa shape index (κ3) is 4.24. The minimum atomic E-state index is -0.587. The Morgan fingerprint density at radius 1 is 1.16 bits per heavy atom. The molecule has 1 amide bonds. The normalized spacial score (nSPS) is 13.2. The highest BCUT2D eigenvalue weighted by Crippen LogP contribution is 2.38. The highest BCUT2D eigenvalue weighted by atomic mass is 35.5. The van der Waals surface area contributed by atoms with E-state index in [2.05, 4.69) is 11.4 Å². The quantitative estimate of drug-likeness (QED) is 0.345. The number of carbonyl (C=O) groups excluding carboxylic acids is 1. The number of benzene rings is 1. The van der Waals surface area contributed by atoms with Crippen molar-refractivity contribution >= 4 is 51.5 Å². The minimum absolute atomic E-state index is 0.131. The number of nitriles is 2. The second-order valence-electron chi connectivity index (χ2n) is 6.95. The van der Waals surface area contributed by atoms with Crippen LogP contribution in [0.4, 0.5) is 5.00 Å². The largest absolute Gasteiger partial charge is 0.457 e. The van der Waals surface area contributed by atoms with E-state index >= 15 is 0 Å². The maximum Gasteiger partial charge on any atom is 0.267 e. The van der Waals surface area contributed by atoms with Gasteiger partial charge in [0.1, 0.15) is 34.2 Å². The average molecular weight is 468 g/mol. The molecule has 1 aliphatic rings. The van der Waals surface area contributed by atoms with Gasteiger partial charge in [0.15, 0.2) is 0 Å². The number of amides is 1. The molecule has 0 fully saturated rings. The van der Waals surface area contributed by atoms with Gasteiger partial charge in [-0.3, -0.25) is 4.79 Å². The van der Waals surface area contributed by atoms with Crippen LogP contribution < -0.4 is 5.32 Å². The van der Waals surface area contributed by atoms with Crippen molar-refractivity contribution in [3.05, 3.63) is 67.7 Å². The van der Waals surface area contributed by atoms with E-state index in [0.29, 0.717) is 37.7 Å². The molecule has 1 N–H and O–H groups in total. The molecule has 0 bridgehead atoms. The van der Waals surface area contributed by atoms with Crippen LogP contribution in [-0.2, 0) is 17.6 Å². The van der Waals surface area contributed by atoms with Crippen molar-refractivity contribution in [1.82, 2.24) is 0 Å². The molecular weight excluding hydrogens is 453 g/mol. The van der Waals surface area contributed by atoms with E-state index < -0.39 is 5.91 Å². The molecule has 0 saturated carbocycles. The molecule has 1 aliphatic carbocycles. The van der Waals surface area contributed by atoms with Gasteiger partial charge in [0.05, 0.1) is 15.6 Å². The molecule has 0 atom stereocenters. The molecule has 3 aromatic rings. The van der Waals surface area contributed by atoms with Crippen molar-refractivity contribution in [3.8, 4) is 23.5 Å². The van der Waals surface area contributed by atoms with Gasteiger partial charge in [0, 0.05) is 16.5 Å². The standard InChI is InChI=1S/C23H15Cl2N3O2S/c24-18-6-3-5-16(21(18)25)19-9-8-14(30-19)10-13(11-26)22(29)28-23-17(12-27)15-4-1-2-7-20(15)31-23/h3,5-6,8-10H,1-2,4,7H2,(H,28,29)/b13-10-. The number of nitrogens with one attached hydrogen (secondary N) is 1. The summed E-state index contributed by atoms with van der Waals surface area (Å²) in [5, 5.41) is 23.0. The summed E-state index contributed by atoms with van der Waals surface area (Å²) < 4.78 is 5.75. The molecule has 0 spiro atoms. The van der Waals surface area contributed by atoms with Crippen LogP contribution in [0.25, 0.3) is 17.4 Å². The van der Waals surface area contributed by atoms with E-state index in [0.717, 1.165) is 36.1 Å². The van der Waals surface area contributed by atoms with Gasteiger partial charge in [-0.15, -0.1) is 11.3 Å². The van der Waals surface area contributed by atoms with Crippen molar-refractivity contribution in [1.29, 1.82) is 10.5 Å². The summed E-state index contributed by atoms with van der Waals surface area (Å²) in [6.07, 6.45) is 5.22. The van der Waals surface area contributed by atoms with Crippen molar-refractivity contribution in [2.45, 2.75) is 25.7 Å². The molecule has 2 aromatic heterocycles. The highest BCUT2D eigenvalue weighted by molar-refractivity contribution is 7.16. The lowest BCUT2D eigenvalue weighted by Gasteiger charge is -2.09. The minimum Gasteiger partial charge on any atom is -0.457 e. The van der Waals surface area contributed by atoms with Crippen LogP contribution in [0.1, 0.15) is 34.6 Å². The van der Waals surface area contributed by atoms with Gasteiger partial charge < -0.3 is 9.73 Å². The third-order valence-electron chi connectivity index (χ3n) is 5.01. The van der Waals surface area contributed by atoms with Crippen LogP contribution in [-0.4, -0.2) is 5.91 Å². The molecular formula is C23H15Cl2N3O2S. The lowest BCUT2D eigenvalue weighted by Crippen LogP contribution is -2.13. The number of hydrogen-bond donors (Lipinski definition) is 1. The first-order chi connectivity index (χ1) is 15.0. The Morgan fingerprint density at radius 2 is 1.97 bits per heavy atom. The summed E-state index contributed by atoms with van der Waals surface area (Å²) in [7, 11) is 0. The molecule has 0 radical (unpaired) electrons. The number of aryl methyl sites for hydroxylation is 1. The van der Waals surface area contributed by atoms with Crippen molar-refractivity contribution in [3.63, 3.8) is 0 Å². The van der Waals surface area contributed by atoms with E-state index in [1.54, 1.807) is 30.3 Å². The zero-order chi connectivity index (χ0) is 22.0. The number of nitrogens with zero attached hydrogens (tertiary/aromatic N) is 2. The van der Waals surface area contributed by atoms with Crippen molar-refractivity contribution in [2.24, 2.45) is 0 Å². The first-order valence-electron chi connectivity index (χ1n) is 9.53. The highest BCUT2D eigenvalue weighted by Gasteiger charge is 2.23. The molecule has 8 heteroatoms.